The number of hydrogen-bond acceptors (Lipinski definition) is 4. The van der Waals surface area contributed by atoms with Crippen LogP contribution in [0.25, 0.3) is 76.2 Å². The SMILES string of the molecule is Cc1ccc(N(c2cc(N(c3ccc(C)c(C)c3)c3cccc4c3oc3ccccc34)c3ccc4cc(C(C)(C)C)cc5ccc2c3c54)c2cccc3c2oc2ccccc23)cc1C. The Bertz CT molecular complexity index is 3600. The molecule has 0 radical (unpaired) electrons. The van der Waals surface area contributed by atoms with Crippen LogP contribution in [-0.4, -0.2) is 0 Å². The van der Waals surface area contributed by atoms with Crippen molar-refractivity contribution in [2.75, 3.05) is 9.80 Å². The predicted molar refractivity (Wildman–Crippen MR) is 272 cm³/mol. The lowest BCUT2D eigenvalue weighted by atomic mass is 9.83. The van der Waals surface area contributed by atoms with Crippen LogP contribution in [0.1, 0.15) is 48.6 Å². The highest BCUT2D eigenvalue weighted by Crippen LogP contribution is 2.53. The summed E-state index contributed by atoms with van der Waals surface area (Å²) >= 11 is 0. The van der Waals surface area contributed by atoms with Gasteiger partial charge in [-0.15, -0.1) is 0 Å². The van der Waals surface area contributed by atoms with Crippen molar-refractivity contribution in [3.8, 4) is 0 Å². The van der Waals surface area contributed by atoms with Crippen molar-refractivity contribution in [1.82, 2.24) is 0 Å². The summed E-state index contributed by atoms with van der Waals surface area (Å²) in [5.41, 5.74) is 15.9. The third-order valence-corrected chi connectivity index (χ3v) is 13.8. The lowest BCUT2D eigenvalue weighted by Crippen LogP contribution is -2.15. The van der Waals surface area contributed by atoms with Crippen LogP contribution in [0, 0.1) is 27.7 Å². The van der Waals surface area contributed by atoms with E-state index in [0.717, 1.165) is 88.8 Å². The first kappa shape index (κ1) is 38.1. The molecule has 64 heavy (non-hydrogen) atoms. The highest BCUT2D eigenvalue weighted by molar-refractivity contribution is 6.29. The number of fused-ring (bicyclic) bond motifs is 6. The Kier molecular flexibility index (Phi) is 8.33. The van der Waals surface area contributed by atoms with Crippen molar-refractivity contribution in [1.29, 1.82) is 0 Å². The Balaban J connectivity index is 1.26. The maximum atomic E-state index is 6.88. The van der Waals surface area contributed by atoms with Gasteiger partial charge in [-0.2, -0.15) is 0 Å². The highest BCUT2D eigenvalue weighted by atomic mass is 16.3. The van der Waals surface area contributed by atoms with Gasteiger partial charge in [0, 0.05) is 49.1 Å². The molecule has 0 amide bonds. The van der Waals surface area contributed by atoms with Gasteiger partial charge in [-0.25, -0.2) is 0 Å². The molecular formula is C60H48N2O2. The van der Waals surface area contributed by atoms with E-state index in [1.54, 1.807) is 0 Å². The van der Waals surface area contributed by atoms with Gasteiger partial charge in [-0.05, 0) is 132 Å². The van der Waals surface area contributed by atoms with Crippen LogP contribution in [0.3, 0.4) is 0 Å². The number of rotatable bonds is 6. The third-order valence-electron chi connectivity index (χ3n) is 13.8. The van der Waals surface area contributed by atoms with Crippen LogP contribution in [0.2, 0.25) is 0 Å². The zero-order valence-corrected chi connectivity index (χ0v) is 37.3. The van der Waals surface area contributed by atoms with E-state index >= 15 is 0 Å². The van der Waals surface area contributed by atoms with Gasteiger partial charge in [0.1, 0.15) is 11.2 Å². The largest absolute Gasteiger partial charge is 0.454 e. The normalized spacial score (nSPS) is 12.3. The van der Waals surface area contributed by atoms with Crippen LogP contribution in [0.15, 0.2) is 173 Å². The summed E-state index contributed by atoms with van der Waals surface area (Å²) < 4.78 is 13.8. The zero-order chi connectivity index (χ0) is 43.6. The van der Waals surface area contributed by atoms with E-state index in [1.165, 1.54) is 49.4 Å². The minimum Gasteiger partial charge on any atom is -0.454 e. The maximum Gasteiger partial charge on any atom is 0.159 e. The number of anilines is 6. The average Bonchev–Trinajstić information content (AvgIpc) is 3.88. The zero-order valence-electron chi connectivity index (χ0n) is 37.3. The predicted octanol–water partition coefficient (Wildman–Crippen LogP) is 17.9. The molecule has 0 unspecified atom stereocenters. The Morgan fingerprint density at radius 1 is 0.359 bits per heavy atom. The van der Waals surface area contributed by atoms with Crippen LogP contribution in [0.5, 0.6) is 0 Å². The lowest BCUT2D eigenvalue weighted by Gasteiger charge is -2.33. The number of aryl methyl sites for hydroxylation is 4. The second kappa shape index (κ2) is 14.0. The fraction of sp³-hybridized carbons (Fsp3) is 0.133. The maximum absolute atomic E-state index is 6.88. The first-order chi connectivity index (χ1) is 31.0. The van der Waals surface area contributed by atoms with E-state index in [9.17, 15) is 0 Å². The number of nitrogens with zero attached hydrogens (tertiary/aromatic N) is 2. The summed E-state index contributed by atoms with van der Waals surface area (Å²) in [4.78, 5) is 4.88. The minimum atomic E-state index is -0.0164. The van der Waals surface area contributed by atoms with Gasteiger partial charge in [0.15, 0.2) is 11.2 Å². The molecule has 0 fully saturated rings. The van der Waals surface area contributed by atoms with E-state index in [2.05, 4.69) is 210 Å². The molecule has 4 heteroatoms. The summed E-state index contributed by atoms with van der Waals surface area (Å²) in [5.74, 6) is 0. The van der Waals surface area contributed by atoms with Crippen molar-refractivity contribution < 1.29 is 8.83 Å². The topological polar surface area (TPSA) is 32.8 Å². The van der Waals surface area contributed by atoms with Gasteiger partial charge in [-0.1, -0.05) is 130 Å². The Morgan fingerprint density at radius 3 is 1.27 bits per heavy atom. The first-order valence-electron chi connectivity index (χ1n) is 22.3. The van der Waals surface area contributed by atoms with Crippen LogP contribution >= 0.6 is 0 Å². The smallest absolute Gasteiger partial charge is 0.159 e. The van der Waals surface area contributed by atoms with E-state index in [4.69, 9.17) is 8.83 Å². The summed E-state index contributed by atoms with van der Waals surface area (Å²) in [6.07, 6.45) is 0. The number of benzene rings is 10. The molecule has 310 valence electrons. The van der Waals surface area contributed by atoms with Crippen molar-refractivity contribution >= 4 is 110 Å². The molecule has 12 rings (SSSR count). The lowest BCUT2D eigenvalue weighted by molar-refractivity contribution is 0.591. The molecule has 0 N–H and O–H groups in total. The fourth-order valence-electron chi connectivity index (χ4n) is 10.0. The van der Waals surface area contributed by atoms with Crippen molar-refractivity contribution in [2.45, 2.75) is 53.9 Å². The molecule has 4 nitrogen and oxygen atoms in total. The quantitative estimate of drug-likeness (QED) is 0.156. The van der Waals surface area contributed by atoms with E-state index < -0.39 is 0 Å². The van der Waals surface area contributed by atoms with Crippen molar-refractivity contribution in [2.24, 2.45) is 0 Å². The van der Waals surface area contributed by atoms with E-state index in [0.29, 0.717) is 0 Å². The molecule has 0 aliphatic heterocycles. The second-order valence-electron chi connectivity index (χ2n) is 18.8. The molecule has 0 aliphatic rings. The number of para-hydroxylation sites is 4. The second-order valence-corrected chi connectivity index (χ2v) is 18.8. The van der Waals surface area contributed by atoms with Gasteiger partial charge in [0.05, 0.1) is 22.7 Å². The van der Waals surface area contributed by atoms with Crippen LogP contribution < -0.4 is 9.80 Å². The molecule has 0 atom stereocenters. The van der Waals surface area contributed by atoms with E-state index in [1.807, 2.05) is 12.1 Å². The fourth-order valence-corrected chi connectivity index (χ4v) is 10.0. The summed E-state index contributed by atoms with van der Waals surface area (Å²) in [6.45, 7) is 15.7. The van der Waals surface area contributed by atoms with Gasteiger partial charge in [0.25, 0.3) is 0 Å². The minimum absolute atomic E-state index is 0.0164. The van der Waals surface area contributed by atoms with Crippen molar-refractivity contribution in [3.63, 3.8) is 0 Å². The molecule has 0 aliphatic carbocycles. The van der Waals surface area contributed by atoms with Gasteiger partial charge < -0.3 is 18.6 Å². The summed E-state index contributed by atoms with van der Waals surface area (Å²) in [5, 5.41) is 11.6. The van der Waals surface area contributed by atoms with Gasteiger partial charge in [-0.3, -0.25) is 0 Å². The Hall–Kier alpha value is -7.56. The Labute approximate surface area is 372 Å². The van der Waals surface area contributed by atoms with E-state index in [-0.39, 0.29) is 5.41 Å². The van der Waals surface area contributed by atoms with Gasteiger partial charge in [0.2, 0.25) is 0 Å². The molecule has 12 aromatic rings. The molecule has 10 aromatic carbocycles. The summed E-state index contributed by atoms with van der Waals surface area (Å²) in [6, 6.07) is 60.1. The van der Waals surface area contributed by atoms with Crippen LogP contribution in [-0.2, 0) is 5.41 Å². The number of hydrogen-bond donors (Lipinski definition) is 0. The Morgan fingerprint density at radius 2 is 0.812 bits per heavy atom. The molecule has 0 bridgehead atoms. The average molecular weight is 829 g/mol. The molecule has 0 saturated carbocycles. The standard InChI is InChI=1S/C60H48N2O2/c1-35-22-26-42(30-37(35)3)61(50-18-12-16-46-44-14-8-10-20-54(44)63-58(46)50)52-34-53(49-29-25-40-33-41(60(5,6)7)32-39-24-28-48(52)57(49)56(39)40)62(43-27-23-36(2)38(4)31-43)51-19-13-17-47-45-15-9-11-21-55(45)64-59(47)51/h8-34H,1-7H3. The molecule has 2 aromatic heterocycles. The molecular weight excluding hydrogens is 781 g/mol. The van der Waals surface area contributed by atoms with Gasteiger partial charge >= 0.3 is 0 Å². The summed E-state index contributed by atoms with van der Waals surface area (Å²) in [7, 11) is 0. The third kappa shape index (κ3) is 5.75. The monoisotopic (exact) mass is 828 g/mol. The van der Waals surface area contributed by atoms with Crippen LogP contribution in [0.4, 0.5) is 34.1 Å². The highest BCUT2D eigenvalue weighted by Gasteiger charge is 2.29. The molecule has 0 saturated heterocycles. The first-order valence-corrected chi connectivity index (χ1v) is 22.3. The molecule has 0 spiro atoms. The number of furan rings is 2. The van der Waals surface area contributed by atoms with Crippen molar-refractivity contribution in [3.05, 3.63) is 192 Å². The molecule has 2 heterocycles.